The van der Waals surface area contributed by atoms with Crippen LogP contribution in [0.1, 0.15) is 27.2 Å². The van der Waals surface area contributed by atoms with Gasteiger partial charge in [0.15, 0.2) is 5.52 Å². The molecule has 1 heterocycles. The Balaban J connectivity index is 1.57. The van der Waals surface area contributed by atoms with E-state index in [4.69, 9.17) is 21.1 Å². The summed E-state index contributed by atoms with van der Waals surface area (Å²) in [5.41, 5.74) is 0.581. The van der Waals surface area contributed by atoms with Gasteiger partial charge in [0.2, 0.25) is 0 Å². The number of nitrogens with one attached hydrogen (secondary N) is 3. The highest BCUT2D eigenvalue weighted by atomic mass is 35.5. The molecule has 0 spiro atoms. The lowest BCUT2D eigenvalue weighted by molar-refractivity contribution is -0.561. The zero-order chi connectivity index (χ0) is 24.7. The quantitative estimate of drug-likeness (QED) is 0.256. The molecule has 1 aromatic heterocycles. The fourth-order valence-corrected chi connectivity index (χ4v) is 3.07. The van der Waals surface area contributed by atoms with E-state index in [0.717, 1.165) is 0 Å². The Morgan fingerprint density at radius 1 is 1.15 bits per heavy atom. The van der Waals surface area contributed by atoms with Crippen molar-refractivity contribution in [2.75, 3.05) is 23.8 Å². The molecule has 34 heavy (non-hydrogen) atoms. The molecule has 10 nitrogen and oxygen atoms in total. The monoisotopic (exact) mass is 487 g/mol. The largest absolute Gasteiger partial charge is 0.710 e. The van der Waals surface area contributed by atoms with Crippen LogP contribution in [0.2, 0.25) is 5.02 Å². The minimum Gasteiger partial charge on any atom is -0.710 e. The number of ether oxygens (including phenoxy) is 2. The SMILES string of the molecule is CC(C)(C)OC(=O)NCCCOc1ccc(Cl)cc1NC(=O)Nc1cnc2ccccc2[n+]1[O-]. The molecule has 3 rings (SSSR count). The predicted octanol–water partition coefficient (Wildman–Crippen LogP) is 4.46. The Hall–Kier alpha value is -3.79. The Morgan fingerprint density at radius 2 is 1.91 bits per heavy atom. The van der Waals surface area contributed by atoms with E-state index in [9.17, 15) is 14.8 Å². The summed E-state index contributed by atoms with van der Waals surface area (Å²) < 4.78 is 11.5. The first kappa shape index (κ1) is 24.8. The van der Waals surface area contributed by atoms with E-state index in [1.165, 1.54) is 12.3 Å². The maximum absolute atomic E-state index is 12.5. The average Bonchev–Trinajstić information content (AvgIpc) is 2.76. The van der Waals surface area contributed by atoms with Crippen LogP contribution in [0.4, 0.5) is 21.1 Å². The highest BCUT2D eigenvalue weighted by molar-refractivity contribution is 6.31. The average molecular weight is 488 g/mol. The number of carbonyl (C=O) groups is 2. The second kappa shape index (κ2) is 10.9. The van der Waals surface area contributed by atoms with Crippen molar-refractivity contribution in [2.24, 2.45) is 0 Å². The number of hydrogen-bond acceptors (Lipinski definition) is 6. The Kier molecular flexibility index (Phi) is 7.95. The molecule has 3 N–H and O–H groups in total. The van der Waals surface area contributed by atoms with Crippen LogP contribution in [0.3, 0.4) is 0 Å². The van der Waals surface area contributed by atoms with Gasteiger partial charge in [0.1, 0.15) is 23.1 Å². The molecule has 0 aliphatic heterocycles. The van der Waals surface area contributed by atoms with Gasteiger partial charge in [-0.25, -0.2) is 19.3 Å². The fourth-order valence-electron chi connectivity index (χ4n) is 2.90. The van der Waals surface area contributed by atoms with Gasteiger partial charge >= 0.3 is 17.9 Å². The zero-order valence-electron chi connectivity index (χ0n) is 19.1. The number of benzene rings is 2. The number of nitrogens with zero attached hydrogens (tertiary/aromatic N) is 2. The van der Waals surface area contributed by atoms with E-state index in [1.54, 1.807) is 57.2 Å². The molecule has 180 valence electrons. The molecule has 3 amide bonds. The Labute approximate surface area is 201 Å². The van der Waals surface area contributed by atoms with Gasteiger partial charge in [-0.3, -0.25) is 5.32 Å². The molecule has 0 saturated heterocycles. The van der Waals surface area contributed by atoms with Gasteiger partial charge in [-0.05, 0) is 57.5 Å². The van der Waals surface area contributed by atoms with E-state index in [-0.39, 0.29) is 12.4 Å². The second-order valence-corrected chi connectivity index (χ2v) is 8.71. The van der Waals surface area contributed by atoms with Gasteiger partial charge in [-0.1, -0.05) is 23.7 Å². The number of para-hydroxylation sites is 2. The summed E-state index contributed by atoms with van der Waals surface area (Å²) in [7, 11) is 0. The number of alkyl carbamates (subject to hydrolysis) is 1. The molecule has 0 radical (unpaired) electrons. The predicted molar refractivity (Wildman–Crippen MR) is 129 cm³/mol. The third kappa shape index (κ3) is 7.11. The first-order valence-electron chi connectivity index (χ1n) is 10.6. The molecule has 0 atom stereocenters. The van der Waals surface area contributed by atoms with E-state index in [1.807, 2.05) is 0 Å². The summed E-state index contributed by atoms with van der Waals surface area (Å²) in [4.78, 5) is 28.4. The van der Waals surface area contributed by atoms with Gasteiger partial charge in [0.25, 0.3) is 0 Å². The number of halogens is 1. The van der Waals surface area contributed by atoms with Gasteiger partial charge < -0.3 is 20.0 Å². The molecule has 0 unspecified atom stereocenters. The number of aromatic nitrogens is 2. The smallest absolute Gasteiger partial charge is 0.411 e. The van der Waals surface area contributed by atoms with E-state index in [2.05, 4.69) is 20.9 Å². The summed E-state index contributed by atoms with van der Waals surface area (Å²) in [5.74, 6) is 0.345. The van der Waals surface area contributed by atoms with E-state index < -0.39 is 17.7 Å². The first-order valence-corrected chi connectivity index (χ1v) is 10.9. The Morgan fingerprint density at radius 3 is 2.68 bits per heavy atom. The van der Waals surface area contributed by atoms with Crippen LogP contribution in [0.5, 0.6) is 5.75 Å². The van der Waals surface area contributed by atoms with Gasteiger partial charge in [-0.2, -0.15) is 5.32 Å². The molecule has 0 bridgehead atoms. The third-order valence-corrected chi connectivity index (χ3v) is 4.56. The number of amides is 3. The molecule has 0 fully saturated rings. The molecule has 0 aliphatic carbocycles. The number of rotatable bonds is 7. The van der Waals surface area contributed by atoms with Crippen molar-refractivity contribution < 1.29 is 23.8 Å². The van der Waals surface area contributed by atoms with Crippen LogP contribution in [-0.4, -0.2) is 35.9 Å². The fraction of sp³-hybridized carbons (Fsp3) is 0.304. The lowest BCUT2D eigenvalue weighted by atomic mass is 10.2. The highest BCUT2D eigenvalue weighted by Gasteiger charge is 2.17. The van der Waals surface area contributed by atoms with Crippen molar-refractivity contribution >= 4 is 46.3 Å². The number of anilines is 2. The third-order valence-electron chi connectivity index (χ3n) is 4.32. The van der Waals surface area contributed by atoms with Crippen molar-refractivity contribution in [1.82, 2.24) is 10.3 Å². The molecule has 3 aromatic rings. The van der Waals surface area contributed by atoms with Crippen LogP contribution in [0.15, 0.2) is 48.7 Å². The maximum Gasteiger partial charge on any atom is 0.411 e. The molecular weight excluding hydrogens is 462 g/mol. The van der Waals surface area contributed by atoms with Gasteiger partial charge in [0, 0.05) is 11.6 Å². The molecule has 2 aromatic carbocycles. The normalized spacial score (nSPS) is 11.1. The standard InChI is InChI=1S/C23H26ClN5O5/c1-23(2,3)34-22(31)25-11-6-12-33-19-10-9-15(24)13-17(19)27-21(30)28-20-14-26-16-7-4-5-8-18(16)29(20)32/h4-5,7-10,13-14H,6,11-12H2,1-3H3,(H,25,31)(H2,27,28,30). The minimum atomic E-state index is -0.666. The Bertz CT molecular complexity index is 1180. The van der Waals surface area contributed by atoms with Crippen molar-refractivity contribution in [3.63, 3.8) is 0 Å². The summed E-state index contributed by atoms with van der Waals surface area (Å²) in [6.45, 7) is 5.98. The molecular formula is C23H26ClN5O5. The maximum atomic E-state index is 12.5. The number of fused-ring (bicyclic) bond motifs is 1. The summed E-state index contributed by atoms with van der Waals surface area (Å²) in [6.07, 6.45) is 1.28. The van der Waals surface area contributed by atoms with Gasteiger partial charge in [-0.15, -0.1) is 0 Å². The van der Waals surface area contributed by atoms with Crippen LogP contribution in [0.25, 0.3) is 11.0 Å². The van der Waals surface area contributed by atoms with Crippen LogP contribution < -0.4 is 25.4 Å². The first-order chi connectivity index (χ1) is 16.1. The number of urea groups is 1. The van der Waals surface area contributed by atoms with E-state index in [0.29, 0.717) is 45.2 Å². The molecule has 11 heteroatoms. The van der Waals surface area contributed by atoms with E-state index >= 15 is 0 Å². The van der Waals surface area contributed by atoms with Crippen LogP contribution >= 0.6 is 11.6 Å². The lowest BCUT2D eigenvalue weighted by Crippen LogP contribution is -2.35. The van der Waals surface area contributed by atoms with Crippen molar-refractivity contribution in [2.45, 2.75) is 32.8 Å². The van der Waals surface area contributed by atoms with Crippen molar-refractivity contribution in [3.05, 3.63) is 58.9 Å². The lowest BCUT2D eigenvalue weighted by Gasteiger charge is -2.19. The minimum absolute atomic E-state index is 0.0334. The molecule has 0 aliphatic rings. The summed E-state index contributed by atoms with van der Waals surface area (Å²) in [6, 6.07) is 10.9. The summed E-state index contributed by atoms with van der Waals surface area (Å²) >= 11 is 6.07. The van der Waals surface area contributed by atoms with Crippen molar-refractivity contribution in [3.8, 4) is 5.75 Å². The topological polar surface area (TPSA) is 129 Å². The summed E-state index contributed by atoms with van der Waals surface area (Å²) in [5, 5.41) is 20.7. The highest BCUT2D eigenvalue weighted by Crippen LogP contribution is 2.28. The number of hydrogen-bond donors (Lipinski definition) is 3. The number of carbonyl (C=O) groups excluding carboxylic acids is 2. The molecule has 0 saturated carbocycles. The van der Waals surface area contributed by atoms with Crippen LogP contribution in [0, 0.1) is 5.21 Å². The van der Waals surface area contributed by atoms with Gasteiger partial charge in [0.05, 0.1) is 12.3 Å². The van der Waals surface area contributed by atoms with Crippen LogP contribution in [-0.2, 0) is 4.74 Å². The second-order valence-electron chi connectivity index (χ2n) is 8.28. The zero-order valence-corrected chi connectivity index (χ0v) is 19.8. The van der Waals surface area contributed by atoms with Crippen molar-refractivity contribution in [1.29, 1.82) is 0 Å².